The van der Waals surface area contributed by atoms with Crippen molar-refractivity contribution in [1.82, 2.24) is 15.1 Å². The second-order valence-electron chi connectivity index (χ2n) is 11.1. The number of para-hydroxylation sites is 1. The predicted molar refractivity (Wildman–Crippen MR) is 167 cm³/mol. The zero-order valence-electron chi connectivity index (χ0n) is 24.7. The number of carbonyl (C=O) groups excluding carboxylic acids is 1. The summed E-state index contributed by atoms with van der Waals surface area (Å²) in [5, 5.41) is 19.3. The van der Waals surface area contributed by atoms with Crippen LogP contribution < -0.4 is 15.4 Å². The van der Waals surface area contributed by atoms with Crippen molar-refractivity contribution in [3.63, 3.8) is 0 Å². The third-order valence-corrected chi connectivity index (χ3v) is 7.75. The van der Waals surface area contributed by atoms with E-state index in [0.717, 1.165) is 40.0 Å². The van der Waals surface area contributed by atoms with Crippen molar-refractivity contribution in [2.45, 2.75) is 38.2 Å². The van der Waals surface area contributed by atoms with E-state index in [2.05, 4.69) is 21.8 Å². The number of halogens is 3. The van der Waals surface area contributed by atoms with Gasteiger partial charge in [0.05, 0.1) is 17.3 Å². The molecule has 0 saturated heterocycles. The molecule has 0 bridgehead atoms. The van der Waals surface area contributed by atoms with Gasteiger partial charge in [0, 0.05) is 29.9 Å². The molecule has 1 fully saturated rings. The zero-order chi connectivity index (χ0) is 32.1. The van der Waals surface area contributed by atoms with Gasteiger partial charge in [0.2, 0.25) is 0 Å². The summed E-state index contributed by atoms with van der Waals surface area (Å²) in [5.74, 6) is 0.523. The summed E-state index contributed by atoms with van der Waals surface area (Å²) < 4.78 is 47.9. The van der Waals surface area contributed by atoms with Crippen LogP contribution in [0.25, 0.3) is 5.69 Å². The van der Waals surface area contributed by atoms with Crippen LogP contribution in [0, 0.1) is 17.2 Å². The predicted octanol–water partition coefficient (Wildman–Crippen LogP) is 7.83. The summed E-state index contributed by atoms with van der Waals surface area (Å²) in [4.78, 5) is 13.3. The van der Waals surface area contributed by atoms with Crippen LogP contribution in [0.15, 0.2) is 109 Å². The first-order valence-electron chi connectivity index (χ1n) is 14.9. The molecule has 232 valence electrons. The summed E-state index contributed by atoms with van der Waals surface area (Å²) in [6, 6.07) is 33.8. The van der Waals surface area contributed by atoms with Crippen molar-refractivity contribution in [2.24, 2.45) is 5.92 Å². The number of anilines is 1. The average Bonchev–Trinajstić information content (AvgIpc) is 3.80. The Bertz CT molecular complexity index is 1880. The Kier molecular flexibility index (Phi) is 8.85. The maximum atomic E-state index is 13.6. The topological polar surface area (TPSA) is 92.0 Å². The molecule has 1 saturated carbocycles. The van der Waals surface area contributed by atoms with Gasteiger partial charge < -0.3 is 15.4 Å². The van der Waals surface area contributed by atoms with Gasteiger partial charge in [-0.15, -0.1) is 0 Å². The summed E-state index contributed by atoms with van der Waals surface area (Å²) in [6.45, 7) is 0.957. The lowest BCUT2D eigenvalue weighted by atomic mass is 10.0. The van der Waals surface area contributed by atoms with E-state index in [4.69, 9.17) is 4.74 Å². The molecule has 1 atom stereocenters. The van der Waals surface area contributed by atoms with Crippen LogP contribution in [0.3, 0.4) is 0 Å². The van der Waals surface area contributed by atoms with E-state index in [9.17, 15) is 23.2 Å². The first kappa shape index (κ1) is 30.6. The molecule has 1 heterocycles. The van der Waals surface area contributed by atoms with Crippen LogP contribution in [-0.4, -0.2) is 15.7 Å². The van der Waals surface area contributed by atoms with Gasteiger partial charge in [-0.1, -0.05) is 66.7 Å². The third-order valence-electron chi connectivity index (χ3n) is 7.75. The molecule has 10 heteroatoms. The number of nitrogens with zero attached hydrogens (tertiary/aromatic N) is 3. The molecular weight excluding hydrogens is 591 g/mol. The van der Waals surface area contributed by atoms with Gasteiger partial charge in [-0.2, -0.15) is 23.5 Å². The summed E-state index contributed by atoms with van der Waals surface area (Å²) >= 11 is 0. The Morgan fingerprint density at radius 1 is 0.935 bits per heavy atom. The molecule has 6 rings (SSSR count). The van der Waals surface area contributed by atoms with Gasteiger partial charge in [0.1, 0.15) is 18.1 Å². The maximum Gasteiger partial charge on any atom is 0.435 e. The van der Waals surface area contributed by atoms with E-state index in [1.165, 1.54) is 24.3 Å². The number of aromatic nitrogens is 2. The molecule has 46 heavy (non-hydrogen) atoms. The van der Waals surface area contributed by atoms with E-state index in [0.29, 0.717) is 30.8 Å². The molecule has 0 aliphatic heterocycles. The molecule has 1 amide bonds. The highest BCUT2D eigenvalue weighted by Gasteiger charge is 2.36. The second-order valence-corrected chi connectivity index (χ2v) is 11.1. The lowest BCUT2D eigenvalue weighted by Crippen LogP contribution is -2.23. The van der Waals surface area contributed by atoms with Gasteiger partial charge in [-0.3, -0.25) is 4.79 Å². The number of nitrogens with one attached hydrogen (secondary N) is 2. The molecule has 1 aliphatic carbocycles. The number of alkyl halides is 3. The lowest BCUT2D eigenvalue weighted by Gasteiger charge is -2.22. The molecule has 4 aromatic carbocycles. The minimum atomic E-state index is -4.76. The van der Waals surface area contributed by atoms with E-state index in [1.807, 2.05) is 60.7 Å². The zero-order valence-corrected chi connectivity index (χ0v) is 24.7. The first-order chi connectivity index (χ1) is 22.3. The highest BCUT2D eigenvalue weighted by Crippen LogP contribution is 2.44. The third kappa shape index (κ3) is 7.28. The molecule has 7 nitrogen and oxygen atoms in total. The van der Waals surface area contributed by atoms with Gasteiger partial charge in [-0.05, 0) is 66.3 Å². The van der Waals surface area contributed by atoms with Gasteiger partial charge in [0.25, 0.3) is 5.91 Å². The van der Waals surface area contributed by atoms with Crippen molar-refractivity contribution < 1.29 is 22.7 Å². The largest absolute Gasteiger partial charge is 0.489 e. The van der Waals surface area contributed by atoms with E-state index in [1.54, 1.807) is 18.2 Å². The smallest absolute Gasteiger partial charge is 0.435 e. The lowest BCUT2D eigenvalue weighted by molar-refractivity contribution is -0.141. The standard InChI is InChI=1S/C36H30F3N5O2/c37-36(38,39)33-20-31(44(43-33)29-13-7-10-25(19-29)21-40)35(45)42-28-12-6-11-26(18-28)22-41-34(27-16-17-27)30-14-4-5-15-32(30)46-23-24-8-2-1-3-9-24/h1-15,18-20,27,34,41H,16-17,22-23H2,(H,42,45). The van der Waals surface area contributed by atoms with Crippen LogP contribution in [0.2, 0.25) is 0 Å². The molecule has 1 aromatic heterocycles. The fourth-order valence-corrected chi connectivity index (χ4v) is 5.33. The van der Waals surface area contributed by atoms with E-state index in [-0.39, 0.29) is 23.0 Å². The molecule has 1 unspecified atom stereocenters. The number of amides is 1. The summed E-state index contributed by atoms with van der Waals surface area (Å²) in [5.41, 5.74) is 2.34. The molecule has 0 radical (unpaired) electrons. The highest BCUT2D eigenvalue weighted by molar-refractivity contribution is 6.03. The van der Waals surface area contributed by atoms with Crippen LogP contribution >= 0.6 is 0 Å². The van der Waals surface area contributed by atoms with Crippen molar-refractivity contribution >= 4 is 11.6 Å². The average molecular weight is 622 g/mol. The van der Waals surface area contributed by atoms with Crippen molar-refractivity contribution in [1.29, 1.82) is 5.26 Å². The monoisotopic (exact) mass is 621 g/mol. The minimum absolute atomic E-state index is 0.0598. The fraction of sp³-hybridized carbons (Fsp3) is 0.194. The van der Waals surface area contributed by atoms with Gasteiger partial charge in [0.15, 0.2) is 5.69 Å². The first-order valence-corrected chi connectivity index (χ1v) is 14.9. The van der Waals surface area contributed by atoms with Crippen molar-refractivity contribution in [3.8, 4) is 17.5 Å². The van der Waals surface area contributed by atoms with Gasteiger partial charge >= 0.3 is 6.18 Å². The molecule has 1 aliphatic rings. The van der Waals surface area contributed by atoms with Gasteiger partial charge in [-0.25, -0.2) is 4.68 Å². The molecule has 2 N–H and O–H groups in total. The quantitative estimate of drug-likeness (QED) is 0.157. The molecular formula is C36H30F3N5O2. The number of hydrogen-bond donors (Lipinski definition) is 2. The minimum Gasteiger partial charge on any atom is -0.489 e. The second kappa shape index (κ2) is 13.3. The van der Waals surface area contributed by atoms with Crippen molar-refractivity contribution in [2.75, 3.05) is 5.32 Å². The number of nitriles is 1. The number of benzene rings is 4. The highest BCUT2D eigenvalue weighted by atomic mass is 19.4. The fourth-order valence-electron chi connectivity index (χ4n) is 5.33. The molecule has 5 aromatic rings. The van der Waals surface area contributed by atoms with E-state index >= 15 is 0 Å². The molecule has 0 spiro atoms. The maximum absolute atomic E-state index is 13.6. The van der Waals surface area contributed by atoms with Crippen molar-refractivity contribution in [3.05, 3.63) is 143 Å². The van der Waals surface area contributed by atoms with Crippen LogP contribution in [0.1, 0.15) is 57.3 Å². The van der Waals surface area contributed by atoms with Crippen LogP contribution in [-0.2, 0) is 19.3 Å². The Balaban J connectivity index is 1.18. The Morgan fingerprint density at radius 3 is 2.43 bits per heavy atom. The Morgan fingerprint density at radius 2 is 1.67 bits per heavy atom. The SMILES string of the molecule is N#Cc1cccc(-n2nc(C(F)(F)F)cc2C(=O)Nc2cccc(CNC(c3ccccc3OCc3ccccc3)C3CC3)c2)c1. The van der Waals surface area contributed by atoms with Crippen LogP contribution in [0.5, 0.6) is 5.75 Å². The Labute approximate surface area is 264 Å². The van der Waals surface area contributed by atoms with E-state index < -0.39 is 17.8 Å². The Hall–Kier alpha value is -5.40. The summed E-state index contributed by atoms with van der Waals surface area (Å²) in [6.07, 6.45) is -2.56. The van der Waals surface area contributed by atoms with Crippen LogP contribution in [0.4, 0.5) is 18.9 Å². The number of rotatable bonds is 11. The summed E-state index contributed by atoms with van der Waals surface area (Å²) in [7, 11) is 0. The number of carbonyl (C=O) groups is 1. The number of ether oxygens (including phenoxy) is 1. The normalized spacial score (nSPS) is 13.5. The number of hydrogen-bond acceptors (Lipinski definition) is 5.